The van der Waals surface area contributed by atoms with Crippen molar-refractivity contribution >= 4 is 11.9 Å². The molecule has 3 amide bonds. The molecule has 1 N–H and O–H groups in total. The Labute approximate surface area is 148 Å². The van der Waals surface area contributed by atoms with Crippen LogP contribution in [0.1, 0.15) is 44.1 Å². The molecular weight excluding hydrogens is 316 g/mol. The molecule has 1 aliphatic carbocycles. The highest BCUT2D eigenvalue weighted by atomic mass is 16.2. The van der Waals surface area contributed by atoms with Crippen molar-refractivity contribution in [3.05, 3.63) is 30.1 Å². The van der Waals surface area contributed by atoms with Crippen LogP contribution in [0.3, 0.4) is 0 Å². The van der Waals surface area contributed by atoms with Crippen molar-refractivity contribution in [3.63, 3.8) is 0 Å². The maximum atomic E-state index is 12.5. The van der Waals surface area contributed by atoms with Crippen molar-refractivity contribution in [1.82, 2.24) is 20.1 Å². The number of pyridine rings is 1. The number of urea groups is 1. The van der Waals surface area contributed by atoms with Gasteiger partial charge in [-0.25, -0.2) is 4.79 Å². The third kappa shape index (κ3) is 3.48. The molecule has 6 nitrogen and oxygen atoms in total. The van der Waals surface area contributed by atoms with Gasteiger partial charge in [-0.1, -0.05) is 6.92 Å². The zero-order valence-electron chi connectivity index (χ0n) is 14.7. The second-order valence-corrected chi connectivity index (χ2v) is 7.72. The van der Waals surface area contributed by atoms with Gasteiger partial charge in [-0.05, 0) is 48.8 Å². The van der Waals surface area contributed by atoms with E-state index in [0.29, 0.717) is 30.8 Å². The quantitative estimate of drug-likeness (QED) is 0.913. The first-order chi connectivity index (χ1) is 12.1. The van der Waals surface area contributed by atoms with E-state index in [2.05, 4.69) is 29.4 Å². The average molecular weight is 342 g/mol. The summed E-state index contributed by atoms with van der Waals surface area (Å²) in [6.07, 6.45) is 7.17. The van der Waals surface area contributed by atoms with Crippen LogP contribution in [-0.2, 0) is 4.79 Å². The van der Waals surface area contributed by atoms with Crippen LogP contribution in [0.4, 0.5) is 4.79 Å². The molecule has 0 radical (unpaired) electrons. The minimum atomic E-state index is -0.0364. The summed E-state index contributed by atoms with van der Waals surface area (Å²) < 4.78 is 0. The second kappa shape index (κ2) is 6.65. The molecule has 3 aliphatic rings. The van der Waals surface area contributed by atoms with Gasteiger partial charge in [-0.2, -0.15) is 0 Å². The van der Waals surface area contributed by atoms with Crippen molar-refractivity contribution in [3.8, 4) is 0 Å². The Balaban J connectivity index is 1.26. The summed E-state index contributed by atoms with van der Waals surface area (Å²) in [6.45, 7) is 4.38. The molecule has 3 fully saturated rings. The molecule has 3 atom stereocenters. The van der Waals surface area contributed by atoms with E-state index in [4.69, 9.17) is 0 Å². The van der Waals surface area contributed by atoms with Crippen molar-refractivity contribution in [2.45, 2.75) is 50.6 Å². The van der Waals surface area contributed by atoms with Crippen LogP contribution >= 0.6 is 0 Å². The zero-order valence-corrected chi connectivity index (χ0v) is 14.7. The number of hydrogen-bond donors (Lipinski definition) is 1. The van der Waals surface area contributed by atoms with E-state index in [9.17, 15) is 9.59 Å². The van der Waals surface area contributed by atoms with Crippen LogP contribution in [0.2, 0.25) is 0 Å². The number of carbonyl (C=O) groups excluding carboxylic acids is 2. The van der Waals surface area contributed by atoms with Crippen LogP contribution in [0.5, 0.6) is 0 Å². The molecule has 1 aromatic rings. The first-order valence-electron chi connectivity index (χ1n) is 9.36. The van der Waals surface area contributed by atoms with Crippen LogP contribution in [0.25, 0.3) is 0 Å². The fourth-order valence-electron chi connectivity index (χ4n) is 4.20. The molecule has 134 valence electrons. The van der Waals surface area contributed by atoms with Gasteiger partial charge in [-0.15, -0.1) is 0 Å². The smallest absolute Gasteiger partial charge is 0.317 e. The summed E-state index contributed by atoms with van der Waals surface area (Å²) in [4.78, 5) is 32.6. The molecule has 6 heteroatoms. The molecule has 3 heterocycles. The summed E-state index contributed by atoms with van der Waals surface area (Å²) in [5, 5.41) is 3.08. The van der Waals surface area contributed by atoms with E-state index in [1.165, 1.54) is 5.56 Å². The van der Waals surface area contributed by atoms with E-state index in [0.717, 1.165) is 32.4 Å². The highest BCUT2D eigenvalue weighted by molar-refractivity contribution is 5.82. The molecule has 0 spiro atoms. The number of aromatic nitrogens is 1. The van der Waals surface area contributed by atoms with Crippen molar-refractivity contribution < 1.29 is 9.59 Å². The first kappa shape index (κ1) is 16.4. The Bertz CT molecular complexity index is 642. The van der Waals surface area contributed by atoms with Crippen LogP contribution in [0.15, 0.2) is 24.5 Å². The lowest BCUT2D eigenvalue weighted by atomic mass is 9.90. The number of amides is 3. The zero-order chi connectivity index (χ0) is 17.4. The van der Waals surface area contributed by atoms with E-state index in [1.54, 1.807) is 0 Å². The molecular formula is C19H26N4O2. The molecule has 1 aromatic heterocycles. The fourth-order valence-corrected chi connectivity index (χ4v) is 4.20. The van der Waals surface area contributed by atoms with Crippen LogP contribution in [-0.4, -0.2) is 58.4 Å². The molecule has 0 unspecified atom stereocenters. The van der Waals surface area contributed by atoms with Crippen LogP contribution in [0, 0.1) is 5.92 Å². The minimum absolute atomic E-state index is 0.0170. The standard InChI is InChI=1S/C19H26N4O2/c1-13-10-17(13)23-12-16(11-18(23)24)21-19(25)22-8-4-15(5-9-22)14-2-6-20-7-3-14/h2-3,6-7,13,15-17H,4-5,8-12H2,1H3,(H,21,25)/t13-,16+,17+/m1/s1. The van der Waals surface area contributed by atoms with E-state index in [1.807, 2.05) is 22.2 Å². The average Bonchev–Trinajstić information content (AvgIpc) is 3.25. The summed E-state index contributed by atoms with van der Waals surface area (Å²) >= 11 is 0. The van der Waals surface area contributed by atoms with Crippen molar-refractivity contribution in [2.75, 3.05) is 19.6 Å². The largest absolute Gasteiger partial charge is 0.337 e. The van der Waals surface area contributed by atoms with E-state index < -0.39 is 0 Å². The Morgan fingerprint density at radius 1 is 1.24 bits per heavy atom. The predicted octanol–water partition coefficient (Wildman–Crippen LogP) is 1.98. The molecule has 0 bridgehead atoms. The predicted molar refractivity (Wildman–Crippen MR) is 94.0 cm³/mol. The first-order valence-corrected chi connectivity index (χ1v) is 9.36. The van der Waals surface area contributed by atoms with Gasteiger partial charge in [-0.3, -0.25) is 9.78 Å². The van der Waals surface area contributed by atoms with Crippen LogP contribution < -0.4 is 5.32 Å². The van der Waals surface area contributed by atoms with Crippen molar-refractivity contribution in [1.29, 1.82) is 0 Å². The molecule has 25 heavy (non-hydrogen) atoms. The highest BCUT2D eigenvalue weighted by Gasteiger charge is 2.45. The third-order valence-corrected chi connectivity index (χ3v) is 5.91. The topological polar surface area (TPSA) is 65.5 Å². The number of rotatable bonds is 3. The van der Waals surface area contributed by atoms with Gasteiger partial charge >= 0.3 is 6.03 Å². The Hall–Kier alpha value is -2.11. The maximum absolute atomic E-state index is 12.5. The lowest BCUT2D eigenvalue weighted by Crippen LogP contribution is -2.48. The third-order valence-electron chi connectivity index (χ3n) is 5.91. The maximum Gasteiger partial charge on any atom is 0.317 e. The van der Waals surface area contributed by atoms with Crippen molar-refractivity contribution in [2.24, 2.45) is 5.92 Å². The molecule has 4 rings (SSSR count). The van der Waals surface area contributed by atoms with Gasteiger partial charge < -0.3 is 15.1 Å². The number of carbonyl (C=O) groups is 2. The lowest BCUT2D eigenvalue weighted by Gasteiger charge is -2.33. The lowest BCUT2D eigenvalue weighted by molar-refractivity contribution is -0.128. The van der Waals surface area contributed by atoms with Gasteiger partial charge in [0.1, 0.15) is 0 Å². The summed E-state index contributed by atoms with van der Waals surface area (Å²) in [5.74, 6) is 1.31. The van der Waals surface area contributed by atoms with E-state index >= 15 is 0 Å². The Kier molecular flexibility index (Phi) is 4.36. The number of likely N-dealkylation sites (tertiary alicyclic amines) is 2. The number of nitrogens with zero attached hydrogens (tertiary/aromatic N) is 3. The van der Waals surface area contributed by atoms with Gasteiger partial charge in [0.05, 0.1) is 6.04 Å². The second-order valence-electron chi connectivity index (χ2n) is 7.72. The number of nitrogens with one attached hydrogen (secondary N) is 1. The molecule has 2 aliphatic heterocycles. The van der Waals surface area contributed by atoms with Gasteiger partial charge in [0, 0.05) is 44.5 Å². The summed E-state index contributed by atoms with van der Waals surface area (Å²) in [6, 6.07) is 4.49. The summed E-state index contributed by atoms with van der Waals surface area (Å²) in [7, 11) is 0. The Morgan fingerprint density at radius 2 is 1.92 bits per heavy atom. The van der Waals surface area contributed by atoms with Gasteiger partial charge in [0.2, 0.25) is 5.91 Å². The fraction of sp³-hybridized carbons (Fsp3) is 0.632. The monoisotopic (exact) mass is 342 g/mol. The normalized spacial score (nSPS) is 29.8. The summed E-state index contributed by atoms with van der Waals surface area (Å²) in [5.41, 5.74) is 1.31. The van der Waals surface area contributed by atoms with E-state index in [-0.39, 0.29) is 18.0 Å². The van der Waals surface area contributed by atoms with Gasteiger partial charge in [0.15, 0.2) is 0 Å². The molecule has 1 saturated carbocycles. The number of hydrogen-bond acceptors (Lipinski definition) is 3. The highest BCUT2D eigenvalue weighted by Crippen LogP contribution is 2.37. The van der Waals surface area contributed by atoms with Gasteiger partial charge in [0.25, 0.3) is 0 Å². The SMILES string of the molecule is C[C@@H]1C[C@@H]1N1C[C@@H](NC(=O)N2CCC(c3ccncc3)CC2)CC1=O. The molecule has 0 aromatic carbocycles. The minimum Gasteiger partial charge on any atom is -0.337 e. The number of piperidine rings is 1. The Morgan fingerprint density at radius 3 is 2.56 bits per heavy atom. The molecule has 2 saturated heterocycles.